The first-order valence-electron chi connectivity index (χ1n) is 8.50. The van der Waals surface area contributed by atoms with Crippen molar-refractivity contribution in [2.24, 2.45) is 0 Å². The summed E-state index contributed by atoms with van der Waals surface area (Å²) in [6.07, 6.45) is 4.86. The van der Waals surface area contributed by atoms with Crippen LogP contribution in [0.2, 0.25) is 0 Å². The number of halogens is 3. The Balaban J connectivity index is 0.00000225. The Labute approximate surface area is 153 Å². The molecule has 2 fully saturated rings. The topological polar surface area (TPSA) is 57.3 Å². The highest BCUT2D eigenvalue weighted by atomic mass is 35.5. The molecule has 5 nitrogen and oxygen atoms in total. The van der Waals surface area contributed by atoms with Crippen LogP contribution in [0.3, 0.4) is 0 Å². The summed E-state index contributed by atoms with van der Waals surface area (Å²) in [7, 11) is 0. The average Bonchev–Trinajstić information content (AvgIpc) is 2.96. The third-order valence-corrected chi connectivity index (χ3v) is 5.04. The molecule has 3 heterocycles. The molecule has 1 aromatic rings. The van der Waals surface area contributed by atoms with E-state index in [1.54, 1.807) is 12.4 Å². The highest BCUT2D eigenvalue weighted by Crippen LogP contribution is 2.26. The second kappa shape index (κ2) is 8.38. The van der Waals surface area contributed by atoms with Crippen molar-refractivity contribution < 1.29 is 13.6 Å². The Morgan fingerprint density at radius 3 is 2.56 bits per heavy atom. The summed E-state index contributed by atoms with van der Waals surface area (Å²) in [5.41, 5.74) is 1.23. The van der Waals surface area contributed by atoms with Crippen molar-refractivity contribution in [3.63, 3.8) is 0 Å². The van der Waals surface area contributed by atoms with E-state index < -0.39 is 24.9 Å². The van der Waals surface area contributed by atoms with E-state index in [9.17, 15) is 13.6 Å². The number of likely N-dealkylation sites (tertiary alicyclic amines) is 1. The first-order chi connectivity index (χ1) is 11.4. The van der Waals surface area contributed by atoms with Crippen molar-refractivity contribution >= 4 is 18.3 Å². The SMILES string of the molecule is CC(c1ccncc1)N1CCC(NC(=O)C2CC(F)(F)CN2)CC1.Cl. The molecule has 2 atom stereocenters. The standard InChI is InChI=1S/C17H24F2N4O.ClH/c1-12(13-2-6-20-7-3-13)23-8-4-14(5-9-23)22-16(24)15-10-17(18,19)11-21-15;/h2-3,6-7,12,14-15,21H,4-5,8-11H2,1H3,(H,22,24);1H. The molecular formula is C17H25ClF2N4O. The van der Waals surface area contributed by atoms with Gasteiger partial charge in [0.1, 0.15) is 0 Å². The molecule has 1 amide bonds. The molecule has 3 rings (SSSR count). The van der Waals surface area contributed by atoms with Gasteiger partial charge < -0.3 is 5.32 Å². The third kappa shape index (κ3) is 5.09. The molecule has 2 aliphatic rings. The van der Waals surface area contributed by atoms with E-state index in [1.807, 2.05) is 12.1 Å². The van der Waals surface area contributed by atoms with Crippen molar-refractivity contribution in [3.05, 3.63) is 30.1 Å². The average molecular weight is 375 g/mol. The van der Waals surface area contributed by atoms with Crippen molar-refractivity contribution in [2.75, 3.05) is 19.6 Å². The number of nitrogens with zero attached hydrogens (tertiary/aromatic N) is 2. The van der Waals surface area contributed by atoms with Crippen LogP contribution in [0.4, 0.5) is 8.78 Å². The maximum absolute atomic E-state index is 13.2. The summed E-state index contributed by atoms with van der Waals surface area (Å²) < 4.78 is 26.4. The van der Waals surface area contributed by atoms with Gasteiger partial charge in [-0.15, -0.1) is 12.4 Å². The zero-order valence-electron chi connectivity index (χ0n) is 14.3. The highest BCUT2D eigenvalue weighted by Gasteiger charge is 2.42. The molecule has 25 heavy (non-hydrogen) atoms. The Hall–Kier alpha value is -1.31. The molecule has 0 aliphatic carbocycles. The molecule has 0 saturated carbocycles. The molecule has 2 saturated heterocycles. The molecule has 2 aliphatic heterocycles. The highest BCUT2D eigenvalue weighted by molar-refractivity contribution is 5.85. The molecule has 2 N–H and O–H groups in total. The van der Waals surface area contributed by atoms with Crippen LogP contribution in [0, 0.1) is 0 Å². The number of amides is 1. The summed E-state index contributed by atoms with van der Waals surface area (Å²) >= 11 is 0. The minimum absolute atomic E-state index is 0. The van der Waals surface area contributed by atoms with E-state index in [4.69, 9.17) is 0 Å². The Morgan fingerprint density at radius 1 is 1.36 bits per heavy atom. The van der Waals surface area contributed by atoms with Crippen LogP contribution in [-0.4, -0.2) is 53.4 Å². The van der Waals surface area contributed by atoms with E-state index in [0.29, 0.717) is 6.04 Å². The number of alkyl halides is 2. The molecule has 0 radical (unpaired) electrons. The van der Waals surface area contributed by atoms with Crippen LogP contribution in [0.25, 0.3) is 0 Å². The Kier molecular flexibility index (Phi) is 6.71. The Morgan fingerprint density at radius 2 is 2.00 bits per heavy atom. The minimum atomic E-state index is -2.77. The molecule has 1 aromatic heterocycles. The zero-order chi connectivity index (χ0) is 17.2. The number of pyridine rings is 1. The van der Waals surface area contributed by atoms with Crippen LogP contribution < -0.4 is 10.6 Å². The molecule has 0 spiro atoms. The fourth-order valence-electron chi connectivity index (χ4n) is 3.49. The van der Waals surface area contributed by atoms with Gasteiger partial charge in [-0.25, -0.2) is 8.78 Å². The number of rotatable bonds is 4. The third-order valence-electron chi connectivity index (χ3n) is 5.04. The second-order valence-corrected chi connectivity index (χ2v) is 6.77. The van der Waals surface area contributed by atoms with E-state index in [2.05, 4.69) is 27.4 Å². The number of carbonyl (C=O) groups is 1. The fourth-order valence-corrected chi connectivity index (χ4v) is 3.49. The van der Waals surface area contributed by atoms with Gasteiger partial charge in [-0.3, -0.25) is 20.0 Å². The molecular weight excluding hydrogens is 350 g/mol. The molecule has 140 valence electrons. The molecule has 2 unspecified atom stereocenters. The van der Waals surface area contributed by atoms with Crippen molar-refractivity contribution in [2.45, 2.75) is 50.2 Å². The van der Waals surface area contributed by atoms with Crippen molar-refractivity contribution in [3.8, 4) is 0 Å². The normalized spacial score (nSPS) is 25.2. The second-order valence-electron chi connectivity index (χ2n) is 6.77. The number of hydrogen-bond donors (Lipinski definition) is 2. The monoisotopic (exact) mass is 374 g/mol. The van der Waals surface area contributed by atoms with Crippen LogP contribution in [0.5, 0.6) is 0 Å². The summed E-state index contributed by atoms with van der Waals surface area (Å²) in [6.45, 7) is 3.51. The molecule has 0 bridgehead atoms. The summed E-state index contributed by atoms with van der Waals surface area (Å²) in [5, 5.41) is 5.53. The van der Waals surface area contributed by atoms with Gasteiger partial charge in [0.15, 0.2) is 0 Å². The lowest BCUT2D eigenvalue weighted by Crippen LogP contribution is -2.49. The lowest BCUT2D eigenvalue weighted by Gasteiger charge is -2.36. The number of aromatic nitrogens is 1. The van der Waals surface area contributed by atoms with Gasteiger partial charge in [0.05, 0.1) is 12.6 Å². The smallest absolute Gasteiger partial charge is 0.262 e. The predicted octanol–water partition coefficient (Wildman–Crippen LogP) is 2.14. The molecule has 0 aromatic carbocycles. The maximum atomic E-state index is 13.2. The van der Waals surface area contributed by atoms with Crippen LogP contribution in [0.1, 0.15) is 37.8 Å². The number of hydrogen-bond acceptors (Lipinski definition) is 4. The van der Waals surface area contributed by atoms with Gasteiger partial charge in [-0.2, -0.15) is 0 Å². The Bertz CT molecular complexity index is 567. The van der Waals surface area contributed by atoms with Crippen LogP contribution in [-0.2, 0) is 4.79 Å². The van der Waals surface area contributed by atoms with Crippen LogP contribution >= 0.6 is 12.4 Å². The number of piperidine rings is 1. The lowest BCUT2D eigenvalue weighted by atomic mass is 10.00. The summed E-state index contributed by atoms with van der Waals surface area (Å²) in [5.74, 6) is -3.07. The number of carbonyl (C=O) groups excluding carboxylic acids is 1. The lowest BCUT2D eigenvalue weighted by molar-refractivity contribution is -0.124. The number of nitrogens with one attached hydrogen (secondary N) is 2. The minimum Gasteiger partial charge on any atom is -0.352 e. The first-order valence-corrected chi connectivity index (χ1v) is 8.50. The van der Waals surface area contributed by atoms with Gasteiger partial charge in [-0.05, 0) is 37.5 Å². The predicted molar refractivity (Wildman–Crippen MR) is 94.0 cm³/mol. The van der Waals surface area contributed by atoms with Gasteiger partial charge >= 0.3 is 0 Å². The fraction of sp³-hybridized carbons (Fsp3) is 0.647. The van der Waals surface area contributed by atoms with E-state index in [1.165, 1.54) is 5.56 Å². The van der Waals surface area contributed by atoms with Gasteiger partial charge in [-0.1, -0.05) is 0 Å². The summed E-state index contributed by atoms with van der Waals surface area (Å²) in [4.78, 5) is 18.5. The van der Waals surface area contributed by atoms with E-state index in [-0.39, 0.29) is 24.4 Å². The first kappa shape index (κ1) is 20.0. The van der Waals surface area contributed by atoms with Gasteiger partial charge in [0.2, 0.25) is 5.91 Å². The summed E-state index contributed by atoms with van der Waals surface area (Å²) in [6, 6.07) is 3.64. The zero-order valence-corrected chi connectivity index (χ0v) is 15.1. The van der Waals surface area contributed by atoms with Crippen molar-refractivity contribution in [1.29, 1.82) is 0 Å². The quantitative estimate of drug-likeness (QED) is 0.847. The van der Waals surface area contributed by atoms with E-state index in [0.717, 1.165) is 25.9 Å². The van der Waals surface area contributed by atoms with Crippen molar-refractivity contribution in [1.82, 2.24) is 20.5 Å². The van der Waals surface area contributed by atoms with Gasteiger partial charge in [0, 0.05) is 44.0 Å². The van der Waals surface area contributed by atoms with E-state index >= 15 is 0 Å². The van der Waals surface area contributed by atoms with Gasteiger partial charge in [0.25, 0.3) is 5.92 Å². The largest absolute Gasteiger partial charge is 0.352 e. The maximum Gasteiger partial charge on any atom is 0.262 e. The molecule has 8 heteroatoms. The van der Waals surface area contributed by atoms with Crippen LogP contribution in [0.15, 0.2) is 24.5 Å².